The summed E-state index contributed by atoms with van der Waals surface area (Å²) in [4.78, 5) is 0. The van der Waals surface area contributed by atoms with Crippen LogP contribution in [0.15, 0.2) is 11.5 Å². The van der Waals surface area contributed by atoms with Gasteiger partial charge in [0.2, 0.25) is 0 Å². The van der Waals surface area contributed by atoms with Crippen molar-refractivity contribution in [2.45, 2.75) is 12.2 Å². The molecule has 0 amide bonds. The highest BCUT2D eigenvalue weighted by atomic mass is 16.6. The molecule has 0 unspecified atom stereocenters. The minimum atomic E-state index is -0.674. The van der Waals surface area contributed by atoms with Crippen LogP contribution in [0.25, 0.3) is 0 Å². The average molecular weight is 144 g/mol. The van der Waals surface area contributed by atoms with E-state index in [0.29, 0.717) is 11.5 Å². The molecular formula is C6H8O4. The number of aliphatic hydroxyl groups excluding tert-OH is 2. The second-order valence-corrected chi connectivity index (χ2v) is 2.38. The van der Waals surface area contributed by atoms with Crippen molar-refractivity contribution in [1.29, 1.82) is 0 Å². The van der Waals surface area contributed by atoms with Crippen LogP contribution >= 0.6 is 0 Å². The molecule has 0 saturated carbocycles. The molecule has 4 nitrogen and oxygen atoms in total. The van der Waals surface area contributed by atoms with Crippen LogP contribution in [-0.2, 0) is 9.47 Å². The lowest BCUT2D eigenvalue weighted by molar-refractivity contribution is 0.0339. The third-order valence-electron chi connectivity index (χ3n) is 1.64. The highest BCUT2D eigenvalue weighted by molar-refractivity contribution is 5.19. The number of aliphatic hydroxyl groups is 2. The first-order valence-electron chi connectivity index (χ1n) is 3.15. The number of hydrogen-bond donors (Lipinski definition) is 2. The molecule has 10 heavy (non-hydrogen) atoms. The Hall–Kier alpha value is -0.740. The summed E-state index contributed by atoms with van der Waals surface area (Å²) >= 11 is 0. The second-order valence-electron chi connectivity index (χ2n) is 2.38. The predicted octanol–water partition coefficient (Wildman–Crippen LogP) is -1.02. The SMILES string of the molecule is O[C@@H]1COC2=C1OC[C@H]2O. The molecule has 0 spiro atoms. The third kappa shape index (κ3) is 0.629. The Morgan fingerprint density at radius 1 is 1.00 bits per heavy atom. The summed E-state index contributed by atoms with van der Waals surface area (Å²) in [6, 6.07) is 0. The molecule has 2 N–H and O–H groups in total. The molecule has 0 radical (unpaired) electrons. The minimum Gasteiger partial charge on any atom is -0.488 e. The number of rotatable bonds is 0. The molecule has 2 atom stereocenters. The van der Waals surface area contributed by atoms with Gasteiger partial charge >= 0.3 is 0 Å². The average Bonchev–Trinajstić information content (AvgIpc) is 2.41. The molecule has 2 aliphatic heterocycles. The van der Waals surface area contributed by atoms with E-state index in [-0.39, 0.29) is 13.2 Å². The Morgan fingerprint density at radius 2 is 1.40 bits per heavy atom. The molecule has 2 rings (SSSR count). The topological polar surface area (TPSA) is 58.9 Å². The Balaban J connectivity index is 2.26. The van der Waals surface area contributed by atoms with E-state index in [1.165, 1.54) is 0 Å². The molecule has 4 heteroatoms. The minimum absolute atomic E-state index is 0.210. The van der Waals surface area contributed by atoms with Crippen molar-refractivity contribution in [1.82, 2.24) is 0 Å². The molecule has 2 aliphatic rings. The van der Waals surface area contributed by atoms with Crippen LogP contribution in [0.4, 0.5) is 0 Å². The van der Waals surface area contributed by atoms with Crippen molar-refractivity contribution in [2.24, 2.45) is 0 Å². The first-order chi connectivity index (χ1) is 4.79. The Morgan fingerprint density at radius 3 is 1.80 bits per heavy atom. The van der Waals surface area contributed by atoms with Gasteiger partial charge in [0.15, 0.2) is 11.5 Å². The molecule has 0 aromatic carbocycles. The van der Waals surface area contributed by atoms with E-state index in [4.69, 9.17) is 19.7 Å². The van der Waals surface area contributed by atoms with Crippen LogP contribution in [0.1, 0.15) is 0 Å². The van der Waals surface area contributed by atoms with Gasteiger partial charge in [0.25, 0.3) is 0 Å². The fourth-order valence-corrected chi connectivity index (χ4v) is 1.15. The molecule has 0 bridgehead atoms. The summed E-state index contributed by atoms with van der Waals surface area (Å²) in [5, 5.41) is 18.2. The predicted molar refractivity (Wildman–Crippen MR) is 30.9 cm³/mol. The van der Waals surface area contributed by atoms with Gasteiger partial charge in [0.05, 0.1) is 0 Å². The first-order valence-corrected chi connectivity index (χ1v) is 3.15. The van der Waals surface area contributed by atoms with Crippen molar-refractivity contribution in [3.63, 3.8) is 0 Å². The van der Waals surface area contributed by atoms with Gasteiger partial charge in [-0.15, -0.1) is 0 Å². The van der Waals surface area contributed by atoms with Crippen molar-refractivity contribution in [2.75, 3.05) is 13.2 Å². The zero-order chi connectivity index (χ0) is 7.14. The third-order valence-corrected chi connectivity index (χ3v) is 1.64. The lowest BCUT2D eigenvalue weighted by Gasteiger charge is -2.06. The van der Waals surface area contributed by atoms with Crippen molar-refractivity contribution < 1.29 is 19.7 Å². The smallest absolute Gasteiger partial charge is 0.168 e. The lowest BCUT2D eigenvalue weighted by Crippen LogP contribution is -2.16. The quantitative estimate of drug-likeness (QED) is 0.457. The summed E-state index contributed by atoms with van der Waals surface area (Å²) in [6.07, 6.45) is -1.35. The van der Waals surface area contributed by atoms with E-state index in [2.05, 4.69) is 0 Å². The van der Waals surface area contributed by atoms with Crippen molar-refractivity contribution >= 4 is 0 Å². The highest BCUT2D eigenvalue weighted by Gasteiger charge is 2.37. The summed E-state index contributed by atoms with van der Waals surface area (Å²) in [6.45, 7) is 0.420. The molecule has 56 valence electrons. The zero-order valence-electron chi connectivity index (χ0n) is 5.28. The monoisotopic (exact) mass is 144 g/mol. The van der Waals surface area contributed by atoms with Crippen LogP contribution < -0.4 is 0 Å². The van der Waals surface area contributed by atoms with E-state index >= 15 is 0 Å². The van der Waals surface area contributed by atoms with Crippen LogP contribution in [0, 0.1) is 0 Å². The summed E-state index contributed by atoms with van der Waals surface area (Å²) < 4.78 is 9.91. The standard InChI is InChI=1S/C6H8O4/c7-3-1-9-6-4(8)2-10-5(3)6/h3-4,7-8H,1-2H2/t3-,4-/m1/s1. The van der Waals surface area contributed by atoms with Crippen LogP contribution in [-0.4, -0.2) is 35.6 Å². The van der Waals surface area contributed by atoms with Crippen molar-refractivity contribution in [3.05, 3.63) is 11.5 Å². The Labute approximate surface area is 57.7 Å². The van der Waals surface area contributed by atoms with E-state index in [9.17, 15) is 0 Å². The summed E-state index contributed by atoms with van der Waals surface area (Å²) in [5.41, 5.74) is 0. The molecule has 0 aromatic rings. The molecule has 0 aliphatic carbocycles. The van der Waals surface area contributed by atoms with E-state index in [0.717, 1.165) is 0 Å². The maximum atomic E-state index is 9.10. The maximum Gasteiger partial charge on any atom is 0.168 e. The van der Waals surface area contributed by atoms with Gasteiger partial charge in [-0.2, -0.15) is 0 Å². The van der Waals surface area contributed by atoms with Gasteiger partial charge in [-0.1, -0.05) is 0 Å². The summed E-state index contributed by atoms with van der Waals surface area (Å²) in [7, 11) is 0. The van der Waals surface area contributed by atoms with E-state index in [1.807, 2.05) is 0 Å². The van der Waals surface area contributed by atoms with Crippen LogP contribution in [0.2, 0.25) is 0 Å². The highest BCUT2D eigenvalue weighted by Crippen LogP contribution is 2.29. The number of hydrogen-bond acceptors (Lipinski definition) is 4. The van der Waals surface area contributed by atoms with Crippen LogP contribution in [0.5, 0.6) is 0 Å². The number of ether oxygens (including phenoxy) is 2. The summed E-state index contributed by atoms with van der Waals surface area (Å²) in [5.74, 6) is 0.819. The van der Waals surface area contributed by atoms with Gasteiger partial charge in [0, 0.05) is 0 Å². The van der Waals surface area contributed by atoms with Gasteiger partial charge in [-0.05, 0) is 0 Å². The van der Waals surface area contributed by atoms with Gasteiger partial charge < -0.3 is 19.7 Å². The molecule has 0 saturated heterocycles. The fraction of sp³-hybridized carbons (Fsp3) is 0.667. The largest absolute Gasteiger partial charge is 0.488 e. The van der Waals surface area contributed by atoms with Crippen molar-refractivity contribution in [3.8, 4) is 0 Å². The Bertz CT molecular complexity index is 166. The molecule has 2 heterocycles. The lowest BCUT2D eigenvalue weighted by atomic mass is 10.3. The molecule has 0 fully saturated rings. The molecular weight excluding hydrogens is 136 g/mol. The van der Waals surface area contributed by atoms with Gasteiger partial charge in [-0.3, -0.25) is 0 Å². The van der Waals surface area contributed by atoms with E-state index in [1.54, 1.807) is 0 Å². The zero-order valence-corrected chi connectivity index (χ0v) is 5.28. The first kappa shape index (κ1) is 6.00. The fourth-order valence-electron chi connectivity index (χ4n) is 1.15. The van der Waals surface area contributed by atoms with Gasteiger partial charge in [-0.25, -0.2) is 0 Å². The normalized spacial score (nSPS) is 37.4. The Kier molecular flexibility index (Phi) is 1.12. The maximum absolute atomic E-state index is 9.10. The second kappa shape index (κ2) is 1.87. The molecule has 0 aromatic heterocycles. The van der Waals surface area contributed by atoms with Gasteiger partial charge in [0.1, 0.15) is 25.4 Å². The van der Waals surface area contributed by atoms with E-state index < -0.39 is 12.2 Å². The van der Waals surface area contributed by atoms with Crippen LogP contribution in [0.3, 0.4) is 0 Å².